The molecule has 1 aliphatic heterocycles. The summed E-state index contributed by atoms with van der Waals surface area (Å²) in [5, 5.41) is 11.4. The summed E-state index contributed by atoms with van der Waals surface area (Å²) in [5.74, 6) is 1.45. The number of ether oxygens (including phenoxy) is 1. The topological polar surface area (TPSA) is 68.5 Å². The van der Waals surface area contributed by atoms with Gasteiger partial charge in [0.2, 0.25) is 0 Å². The number of carbonyl (C=O) groups excluding carboxylic acids is 1. The molecule has 0 radical (unpaired) electrons. The van der Waals surface area contributed by atoms with Crippen molar-refractivity contribution < 1.29 is 9.53 Å². The van der Waals surface area contributed by atoms with Crippen LogP contribution in [0.5, 0.6) is 5.75 Å². The van der Waals surface area contributed by atoms with E-state index in [0.717, 1.165) is 27.4 Å². The van der Waals surface area contributed by atoms with E-state index < -0.39 is 0 Å². The summed E-state index contributed by atoms with van der Waals surface area (Å²) < 4.78 is 7.67. The fraction of sp³-hybridized carbons (Fsp3) is 0.150. The van der Waals surface area contributed by atoms with Crippen molar-refractivity contribution in [3.63, 3.8) is 0 Å². The molecule has 4 aromatic rings. The molecule has 0 spiro atoms. The highest BCUT2D eigenvalue weighted by atomic mass is 32.1. The molecule has 1 aliphatic rings. The number of carbonyl (C=O) groups is 1. The number of nitrogens with one attached hydrogen (secondary N) is 1. The number of pyridine rings is 1. The van der Waals surface area contributed by atoms with Gasteiger partial charge in [0.15, 0.2) is 11.5 Å². The van der Waals surface area contributed by atoms with E-state index in [-0.39, 0.29) is 11.9 Å². The number of para-hydroxylation sites is 1. The number of benzene rings is 1. The molecule has 1 N–H and O–H groups in total. The van der Waals surface area contributed by atoms with Crippen LogP contribution >= 0.6 is 11.3 Å². The molecular formula is C20H16N4O2S. The number of hydrogen-bond donors (Lipinski definition) is 1. The maximum absolute atomic E-state index is 12.8. The van der Waals surface area contributed by atoms with E-state index >= 15 is 0 Å². The number of amides is 1. The number of aromatic nitrogens is 3. The Labute approximate surface area is 159 Å². The summed E-state index contributed by atoms with van der Waals surface area (Å²) >= 11 is 1.49. The lowest BCUT2D eigenvalue weighted by atomic mass is 10.1. The van der Waals surface area contributed by atoms with Crippen molar-refractivity contribution in [1.29, 1.82) is 0 Å². The minimum atomic E-state index is -0.266. The summed E-state index contributed by atoms with van der Waals surface area (Å²) in [6.07, 6.45) is 1.89. The molecule has 0 bridgehead atoms. The highest BCUT2D eigenvalue weighted by molar-refractivity contribution is 7.17. The van der Waals surface area contributed by atoms with Gasteiger partial charge in [0.05, 0.1) is 10.9 Å². The SMILES string of the molecule is CC(NC(=O)c1cc2c(s1)-c1ccccc1OC2)c1nnc2ccccn12. The van der Waals surface area contributed by atoms with Crippen LogP contribution in [0, 0.1) is 0 Å². The Morgan fingerprint density at radius 1 is 1.22 bits per heavy atom. The second-order valence-corrected chi connectivity index (χ2v) is 7.48. The van der Waals surface area contributed by atoms with Gasteiger partial charge >= 0.3 is 0 Å². The maximum Gasteiger partial charge on any atom is 0.261 e. The minimum Gasteiger partial charge on any atom is -0.488 e. The Bertz CT molecular complexity index is 1160. The molecule has 6 nitrogen and oxygen atoms in total. The smallest absolute Gasteiger partial charge is 0.261 e. The van der Waals surface area contributed by atoms with Crippen LogP contribution in [-0.2, 0) is 6.61 Å². The molecule has 3 aromatic heterocycles. The van der Waals surface area contributed by atoms with Crippen LogP contribution in [0.1, 0.15) is 34.0 Å². The average molecular weight is 376 g/mol. The van der Waals surface area contributed by atoms with Gasteiger partial charge in [-0.2, -0.15) is 0 Å². The molecule has 7 heteroatoms. The Morgan fingerprint density at radius 2 is 2.07 bits per heavy atom. The number of rotatable bonds is 3. The van der Waals surface area contributed by atoms with E-state index in [9.17, 15) is 4.79 Å². The van der Waals surface area contributed by atoms with Crippen LogP contribution in [0.4, 0.5) is 0 Å². The first kappa shape index (κ1) is 16.0. The molecule has 0 aliphatic carbocycles. The van der Waals surface area contributed by atoms with E-state index in [4.69, 9.17) is 4.74 Å². The van der Waals surface area contributed by atoms with E-state index in [1.807, 2.05) is 66.1 Å². The number of fused-ring (bicyclic) bond motifs is 4. The van der Waals surface area contributed by atoms with Crippen LogP contribution < -0.4 is 10.1 Å². The van der Waals surface area contributed by atoms with Crippen LogP contribution in [-0.4, -0.2) is 20.5 Å². The summed E-state index contributed by atoms with van der Waals surface area (Å²) in [6, 6.07) is 15.3. The Kier molecular flexibility index (Phi) is 3.68. The Morgan fingerprint density at radius 3 is 3.00 bits per heavy atom. The summed E-state index contributed by atoms with van der Waals surface area (Å²) in [4.78, 5) is 14.6. The minimum absolute atomic E-state index is 0.118. The van der Waals surface area contributed by atoms with Gasteiger partial charge in [0, 0.05) is 22.2 Å². The lowest BCUT2D eigenvalue weighted by Crippen LogP contribution is -2.27. The Hall–Kier alpha value is -3.19. The first-order valence-corrected chi connectivity index (χ1v) is 9.48. The zero-order chi connectivity index (χ0) is 18.4. The van der Waals surface area contributed by atoms with E-state index in [1.54, 1.807) is 0 Å². The fourth-order valence-electron chi connectivity index (χ4n) is 3.30. The van der Waals surface area contributed by atoms with Crippen LogP contribution in [0.2, 0.25) is 0 Å². The molecule has 1 unspecified atom stereocenters. The van der Waals surface area contributed by atoms with Gasteiger partial charge in [0.1, 0.15) is 12.4 Å². The summed E-state index contributed by atoms with van der Waals surface area (Å²) in [6.45, 7) is 2.40. The van der Waals surface area contributed by atoms with Gasteiger partial charge < -0.3 is 10.1 Å². The van der Waals surface area contributed by atoms with Crippen LogP contribution in [0.3, 0.4) is 0 Å². The third kappa shape index (κ3) is 2.67. The lowest BCUT2D eigenvalue weighted by molar-refractivity contribution is 0.0942. The molecular weight excluding hydrogens is 360 g/mol. The first-order chi connectivity index (χ1) is 13.2. The molecule has 0 fully saturated rings. The van der Waals surface area contributed by atoms with Crippen molar-refractivity contribution in [2.75, 3.05) is 0 Å². The van der Waals surface area contributed by atoms with Crippen LogP contribution in [0.25, 0.3) is 16.1 Å². The van der Waals surface area contributed by atoms with E-state index in [1.165, 1.54) is 11.3 Å². The molecule has 134 valence electrons. The average Bonchev–Trinajstić information content (AvgIpc) is 3.32. The lowest BCUT2D eigenvalue weighted by Gasteiger charge is -2.16. The molecule has 0 saturated carbocycles. The van der Waals surface area contributed by atoms with Gasteiger partial charge in [-0.1, -0.05) is 18.2 Å². The normalized spacial score (nSPS) is 13.5. The first-order valence-electron chi connectivity index (χ1n) is 8.66. The van der Waals surface area contributed by atoms with Gasteiger partial charge in [-0.05, 0) is 37.3 Å². The zero-order valence-corrected chi connectivity index (χ0v) is 15.4. The maximum atomic E-state index is 12.8. The van der Waals surface area contributed by atoms with Crippen LogP contribution in [0.15, 0.2) is 54.7 Å². The summed E-state index contributed by atoms with van der Waals surface area (Å²) in [5.41, 5.74) is 2.85. The number of nitrogens with zero attached hydrogens (tertiary/aromatic N) is 3. The molecule has 1 aromatic carbocycles. The van der Waals surface area contributed by atoms with Crippen molar-refractivity contribution in [3.8, 4) is 16.2 Å². The van der Waals surface area contributed by atoms with Crippen molar-refractivity contribution in [3.05, 3.63) is 71.0 Å². The molecule has 5 rings (SSSR count). The fourth-order valence-corrected chi connectivity index (χ4v) is 4.40. The second kappa shape index (κ2) is 6.21. The predicted molar refractivity (Wildman–Crippen MR) is 103 cm³/mol. The second-order valence-electron chi connectivity index (χ2n) is 6.43. The highest BCUT2D eigenvalue weighted by Gasteiger charge is 2.24. The third-order valence-corrected chi connectivity index (χ3v) is 5.83. The zero-order valence-electron chi connectivity index (χ0n) is 14.5. The van der Waals surface area contributed by atoms with Gasteiger partial charge in [0.25, 0.3) is 5.91 Å². The molecule has 1 amide bonds. The Balaban J connectivity index is 1.42. The largest absolute Gasteiger partial charge is 0.488 e. The summed E-state index contributed by atoms with van der Waals surface area (Å²) in [7, 11) is 0. The molecule has 1 atom stereocenters. The van der Waals surface area contributed by atoms with Gasteiger partial charge in [-0.15, -0.1) is 21.5 Å². The monoisotopic (exact) mass is 376 g/mol. The standard InChI is InChI=1S/C20H16N4O2S/c1-12(19-23-22-17-8-4-5-9-24(17)19)21-20(25)16-10-13-11-26-15-7-3-2-6-14(15)18(13)27-16/h2-10,12H,11H2,1H3,(H,21,25). The van der Waals surface area contributed by atoms with Crippen molar-refractivity contribution in [1.82, 2.24) is 19.9 Å². The van der Waals surface area contributed by atoms with Gasteiger partial charge in [-0.25, -0.2) is 0 Å². The molecule has 0 saturated heterocycles. The van der Waals surface area contributed by atoms with E-state index in [0.29, 0.717) is 17.3 Å². The quantitative estimate of drug-likeness (QED) is 0.590. The number of thiophene rings is 1. The predicted octanol–water partition coefficient (Wildman–Crippen LogP) is 3.84. The highest BCUT2D eigenvalue weighted by Crippen LogP contribution is 2.42. The van der Waals surface area contributed by atoms with Gasteiger partial charge in [-0.3, -0.25) is 9.20 Å². The van der Waals surface area contributed by atoms with Crippen molar-refractivity contribution >= 4 is 22.9 Å². The number of hydrogen-bond acceptors (Lipinski definition) is 5. The third-order valence-electron chi connectivity index (χ3n) is 4.62. The molecule has 27 heavy (non-hydrogen) atoms. The van der Waals surface area contributed by atoms with Crippen molar-refractivity contribution in [2.45, 2.75) is 19.6 Å². The molecule has 4 heterocycles. The van der Waals surface area contributed by atoms with Crippen molar-refractivity contribution in [2.24, 2.45) is 0 Å². The van der Waals surface area contributed by atoms with E-state index in [2.05, 4.69) is 15.5 Å².